The zero-order valence-electron chi connectivity index (χ0n) is 11.5. The van der Waals surface area contributed by atoms with Crippen molar-refractivity contribution >= 4 is 11.7 Å². The van der Waals surface area contributed by atoms with Crippen molar-refractivity contribution in [2.24, 2.45) is 0 Å². The monoisotopic (exact) mass is 277 g/mol. The van der Waals surface area contributed by atoms with Crippen molar-refractivity contribution < 1.29 is 4.74 Å². The van der Waals surface area contributed by atoms with E-state index in [0.29, 0.717) is 0 Å². The zero-order chi connectivity index (χ0) is 13.7. The van der Waals surface area contributed by atoms with Crippen LogP contribution in [-0.4, -0.2) is 22.4 Å². The molecule has 1 heterocycles. The Balaban J connectivity index is 2.32. The molecule has 1 N–H and O–H groups in total. The van der Waals surface area contributed by atoms with Gasteiger partial charge in [-0.3, -0.25) is 0 Å². The normalized spacial score (nSPS) is 12.4. The van der Waals surface area contributed by atoms with Gasteiger partial charge in [-0.1, -0.05) is 13.0 Å². The molecule has 4 nitrogen and oxygen atoms in total. The highest BCUT2D eigenvalue weighted by Gasteiger charge is 2.18. The summed E-state index contributed by atoms with van der Waals surface area (Å²) in [5.74, 6) is 0.881. The van der Waals surface area contributed by atoms with Crippen LogP contribution in [0.1, 0.15) is 36.2 Å². The second-order valence-corrected chi connectivity index (χ2v) is 5.00. The van der Waals surface area contributed by atoms with Crippen molar-refractivity contribution in [3.8, 4) is 5.75 Å². The number of hydrogen-bond acceptors (Lipinski definition) is 5. The Bertz CT molecular complexity index is 513. The first-order valence-electron chi connectivity index (χ1n) is 6.41. The summed E-state index contributed by atoms with van der Waals surface area (Å²) in [6, 6.07) is 6.24. The molecule has 1 atom stereocenters. The first-order chi connectivity index (χ1) is 9.26. The fraction of sp³-hybridized carbons (Fsp3) is 0.429. The summed E-state index contributed by atoms with van der Waals surface area (Å²) in [6.07, 6.45) is 2.92. The lowest BCUT2D eigenvalue weighted by atomic mass is 9.98. The van der Waals surface area contributed by atoms with E-state index in [0.717, 1.165) is 24.4 Å². The van der Waals surface area contributed by atoms with Crippen LogP contribution in [-0.2, 0) is 0 Å². The lowest BCUT2D eigenvalue weighted by molar-refractivity contribution is 0.414. The van der Waals surface area contributed by atoms with E-state index < -0.39 is 0 Å². The van der Waals surface area contributed by atoms with E-state index >= 15 is 0 Å². The van der Waals surface area contributed by atoms with Gasteiger partial charge in [-0.25, -0.2) is 0 Å². The summed E-state index contributed by atoms with van der Waals surface area (Å²) in [4.78, 5) is 0. The molecule has 19 heavy (non-hydrogen) atoms. The van der Waals surface area contributed by atoms with Gasteiger partial charge in [0.15, 0.2) is 0 Å². The maximum atomic E-state index is 5.26. The molecule has 0 aliphatic rings. The van der Waals surface area contributed by atoms with Crippen LogP contribution < -0.4 is 10.1 Å². The van der Waals surface area contributed by atoms with E-state index in [4.69, 9.17) is 4.74 Å². The van der Waals surface area contributed by atoms with Gasteiger partial charge in [0.2, 0.25) is 0 Å². The average molecular weight is 277 g/mol. The Morgan fingerprint density at radius 3 is 2.84 bits per heavy atom. The molecule has 0 amide bonds. The van der Waals surface area contributed by atoms with Crippen LogP contribution in [0.15, 0.2) is 24.4 Å². The summed E-state index contributed by atoms with van der Waals surface area (Å²) < 4.78 is 13.7. The number of aromatic nitrogens is 2. The van der Waals surface area contributed by atoms with Crippen molar-refractivity contribution in [1.82, 2.24) is 14.1 Å². The standard InChI is InChI=1S/C14H19N3OS/c1-4-7-15-14(13-9-16-19-17-13)12-6-5-11(18-3)8-10(12)2/h5-6,8-9,14-15H,4,7H2,1-3H3. The largest absolute Gasteiger partial charge is 0.497 e. The Morgan fingerprint density at radius 2 is 2.26 bits per heavy atom. The van der Waals surface area contributed by atoms with Gasteiger partial charge in [-0.15, -0.1) is 0 Å². The van der Waals surface area contributed by atoms with E-state index in [1.165, 1.54) is 22.9 Å². The first-order valence-corrected chi connectivity index (χ1v) is 7.14. The van der Waals surface area contributed by atoms with Gasteiger partial charge in [-0.2, -0.15) is 8.75 Å². The van der Waals surface area contributed by atoms with Gasteiger partial charge in [-0.05, 0) is 43.1 Å². The van der Waals surface area contributed by atoms with Gasteiger partial charge in [0.25, 0.3) is 0 Å². The molecule has 0 aliphatic carbocycles. The second kappa shape index (κ2) is 6.63. The van der Waals surface area contributed by atoms with Gasteiger partial charge in [0.1, 0.15) is 5.75 Å². The van der Waals surface area contributed by atoms with Gasteiger partial charge >= 0.3 is 0 Å². The van der Waals surface area contributed by atoms with Crippen molar-refractivity contribution in [2.45, 2.75) is 26.3 Å². The average Bonchev–Trinajstić information content (AvgIpc) is 2.94. The number of rotatable bonds is 6. The zero-order valence-corrected chi connectivity index (χ0v) is 12.3. The predicted molar refractivity (Wildman–Crippen MR) is 77.8 cm³/mol. The third kappa shape index (κ3) is 3.30. The van der Waals surface area contributed by atoms with Gasteiger partial charge < -0.3 is 10.1 Å². The SMILES string of the molecule is CCCNC(c1cnsn1)c1ccc(OC)cc1C. The fourth-order valence-electron chi connectivity index (χ4n) is 2.06. The molecule has 0 aliphatic heterocycles. The Morgan fingerprint density at radius 1 is 1.42 bits per heavy atom. The van der Waals surface area contributed by atoms with Crippen LogP contribution >= 0.6 is 11.7 Å². The highest BCUT2D eigenvalue weighted by atomic mass is 32.1. The molecule has 5 heteroatoms. The van der Waals surface area contributed by atoms with Crippen LogP contribution in [0, 0.1) is 6.92 Å². The summed E-state index contributed by atoms with van der Waals surface area (Å²) in [7, 11) is 1.69. The number of hydrogen-bond donors (Lipinski definition) is 1. The third-order valence-corrected chi connectivity index (χ3v) is 3.55. The van der Waals surface area contributed by atoms with Crippen LogP contribution in [0.25, 0.3) is 0 Å². The number of ether oxygens (including phenoxy) is 1. The number of nitrogens with zero attached hydrogens (tertiary/aromatic N) is 2. The fourth-order valence-corrected chi connectivity index (χ4v) is 2.51. The molecule has 1 aromatic carbocycles. The smallest absolute Gasteiger partial charge is 0.119 e. The molecule has 0 fully saturated rings. The Kier molecular flexibility index (Phi) is 4.87. The summed E-state index contributed by atoms with van der Waals surface area (Å²) >= 11 is 1.24. The van der Waals surface area contributed by atoms with E-state index in [-0.39, 0.29) is 6.04 Å². The second-order valence-electron chi connectivity index (χ2n) is 4.44. The highest BCUT2D eigenvalue weighted by Crippen LogP contribution is 2.26. The lowest BCUT2D eigenvalue weighted by Gasteiger charge is -2.19. The molecule has 1 unspecified atom stereocenters. The molecule has 1 aromatic heterocycles. The topological polar surface area (TPSA) is 47.0 Å². The third-order valence-electron chi connectivity index (χ3n) is 3.06. The molecule has 2 aromatic rings. The minimum atomic E-state index is 0.101. The maximum absolute atomic E-state index is 5.26. The van der Waals surface area contributed by atoms with Crippen molar-refractivity contribution in [1.29, 1.82) is 0 Å². The van der Waals surface area contributed by atoms with Crippen LogP contribution in [0.3, 0.4) is 0 Å². The van der Waals surface area contributed by atoms with E-state index in [9.17, 15) is 0 Å². The first kappa shape index (κ1) is 14.0. The molecular formula is C14H19N3OS. The van der Waals surface area contributed by atoms with Crippen LogP contribution in [0.2, 0.25) is 0 Å². The summed E-state index contributed by atoms with van der Waals surface area (Å²) in [5, 5.41) is 3.53. The van der Waals surface area contributed by atoms with Crippen LogP contribution in [0.5, 0.6) is 5.75 Å². The molecule has 0 spiro atoms. The number of aryl methyl sites for hydroxylation is 1. The van der Waals surface area contributed by atoms with E-state index in [1.54, 1.807) is 7.11 Å². The van der Waals surface area contributed by atoms with Crippen molar-refractivity contribution in [2.75, 3.05) is 13.7 Å². The quantitative estimate of drug-likeness (QED) is 0.882. The summed E-state index contributed by atoms with van der Waals surface area (Å²) in [5.41, 5.74) is 3.40. The molecule has 0 saturated carbocycles. The maximum Gasteiger partial charge on any atom is 0.119 e. The minimum absolute atomic E-state index is 0.101. The van der Waals surface area contributed by atoms with Crippen LogP contribution in [0.4, 0.5) is 0 Å². The number of nitrogens with one attached hydrogen (secondary N) is 1. The molecular weight excluding hydrogens is 258 g/mol. The Labute approximate surface area is 118 Å². The molecule has 102 valence electrons. The van der Waals surface area contributed by atoms with E-state index in [1.807, 2.05) is 12.3 Å². The molecule has 0 bridgehead atoms. The van der Waals surface area contributed by atoms with Crippen molar-refractivity contribution in [3.05, 3.63) is 41.2 Å². The van der Waals surface area contributed by atoms with Crippen molar-refractivity contribution in [3.63, 3.8) is 0 Å². The minimum Gasteiger partial charge on any atom is -0.497 e. The predicted octanol–water partition coefficient (Wildman–Crippen LogP) is 2.94. The highest BCUT2D eigenvalue weighted by molar-refractivity contribution is 6.99. The summed E-state index contributed by atoms with van der Waals surface area (Å²) in [6.45, 7) is 5.20. The van der Waals surface area contributed by atoms with Gasteiger partial charge in [0.05, 0.1) is 36.8 Å². The lowest BCUT2D eigenvalue weighted by Crippen LogP contribution is -2.24. The molecule has 2 rings (SSSR count). The molecule has 0 radical (unpaired) electrons. The number of benzene rings is 1. The Hall–Kier alpha value is -1.46. The van der Waals surface area contributed by atoms with E-state index in [2.05, 4.69) is 40.0 Å². The van der Waals surface area contributed by atoms with Gasteiger partial charge in [0, 0.05) is 0 Å². The molecule has 0 saturated heterocycles. The number of methoxy groups -OCH3 is 1.